The van der Waals surface area contributed by atoms with Gasteiger partial charge in [0.1, 0.15) is 5.82 Å². The summed E-state index contributed by atoms with van der Waals surface area (Å²) in [7, 11) is 2.11. The van der Waals surface area contributed by atoms with Gasteiger partial charge in [-0.15, -0.1) is 0 Å². The first kappa shape index (κ1) is 15.0. The van der Waals surface area contributed by atoms with E-state index in [0.717, 1.165) is 31.7 Å². The first-order valence-corrected chi connectivity index (χ1v) is 7.16. The van der Waals surface area contributed by atoms with Crippen LogP contribution in [-0.2, 0) is 0 Å². The number of halogens is 1. The lowest BCUT2D eigenvalue weighted by molar-refractivity contribution is 0.101. The van der Waals surface area contributed by atoms with Crippen molar-refractivity contribution >= 4 is 11.5 Å². The minimum Gasteiger partial charge on any atom is -0.367 e. The molecule has 1 aromatic carbocycles. The highest BCUT2D eigenvalue weighted by Crippen LogP contribution is 2.28. The molecular formula is C16H23FN2O. The Morgan fingerprint density at radius 3 is 2.70 bits per heavy atom. The molecule has 0 aliphatic carbocycles. The largest absolute Gasteiger partial charge is 0.367 e. The van der Waals surface area contributed by atoms with E-state index in [0.29, 0.717) is 17.2 Å². The number of rotatable bonds is 2. The zero-order valence-corrected chi connectivity index (χ0v) is 12.7. The number of anilines is 1. The molecule has 3 nitrogen and oxygen atoms in total. The van der Waals surface area contributed by atoms with Crippen molar-refractivity contribution in [1.29, 1.82) is 0 Å². The standard InChI is InChI=1S/C16H23FN2O/c1-11-8-16(14(13(3)20)9-15(11)17)19-7-5-6-18(4)10-12(19)2/h8-9,12H,5-7,10H2,1-4H3. The van der Waals surface area contributed by atoms with Gasteiger partial charge in [-0.3, -0.25) is 4.79 Å². The van der Waals surface area contributed by atoms with Gasteiger partial charge < -0.3 is 9.80 Å². The molecule has 1 heterocycles. The molecule has 4 heteroatoms. The number of ketones is 1. The second-order valence-electron chi connectivity index (χ2n) is 5.83. The molecule has 1 aromatic rings. The fourth-order valence-corrected chi connectivity index (χ4v) is 2.92. The third kappa shape index (κ3) is 3.01. The number of hydrogen-bond donors (Lipinski definition) is 0. The molecule has 1 atom stereocenters. The predicted molar refractivity (Wildman–Crippen MR) is 80.1 cm³/mol. The van der Waals surface area contributed by atoms with E-state index in [9.17, 15) is 9.18 Å². The zero-order valence-electron chi connectivity index (χ0n) is 12.7. The highest BCUT2D eigenvalue weighted by atomic mass is 19.1. The Labute approximate surface area is 120 Å². The van der Waals surface area contributed by atoms with Crippen LogP contribution in [0.2, 0.25) is 0 Å². The van der Waals surface area contributed by atoms with E-state index in [-0.39, 0.29) is 11.6 Å². The van der Waals surface area contributed by atoms with Crippen molar-refractivity contribution in [2.75, 3.05) is 31.6 Å². The van der Waals surface area contributed by atoms with Gasteiger partial charge in [0.15, 0.2) is 5.78 Å². The van der Waals surface area contributed by atoms with Crippen molar-refractivity contribution in [1.82, 2.24) is 4.90 Å². The maximum Gasteiger partial charge on any atom is 0.161 e. The van der Waals surface area contributed by atoms with Gasteiger partial charge in [-0.1, -0.05) is 0 Å². The zero-order chi connectivity index (χ0) is 14.9. The van der Waals surface area contributed by atoms with Gasteiger partial charge in [0.25, 0.3) is 0 Å². The van der Waals surface area contributed by atoms with Crippen molar-refractivity contribution in [2.24, 2.45) is 0 Å². The smallest absolute Gasteiger partial charge is 0.161 e. The van der Waals surface area contributed by atoms with Crippen LogP contribution in [0.3, 0.4) is 0 Å². The van der Waals surface area contributed by atoms with Crippen molar-refractivity contribution < 1.29 is 9.18 Å². The van der Waals surface area contributed by atoms with Crippen molar-refractivity contribution in [3.05, 3.63) is 29.1 Å². The molecule has 2 rings (SSSR count). The summed E-state index contributed by atoms with van der Waals surface area (Å²) < 4.78 is 13.7. The number of hydrogen-bond acceptors (Lipinski definition) is 3. The Bertz CT molecular complexity index is 515. The summed E-state index contributed by atoms with van der Waals surface area (Å²) in [4.78, 5) is 16.4. The summed E-state index contributed by atoms with van der Waals surface area (Å²) in [6.07, 6.45) is 1.05. The molecule has 0 amide bonds. The average molecular weight is 278 g/mol. The van der Waals surface area contributed by atoms with E-state index in [1.54, 1.807) is 6.92 Å². The van der Waals surface area contributed by atoms with Crippen LogP contribution < -0.4 is 4.90 Å². The number of aryl methyl sites for hydroxylation is 1. The Kier molecular flexibility index (Phi) is 4.43. The van der Waals surface area contributed by atoms with Gasteiger partial charge >= 0.3 is 0 Å². The molecule has 0 radical (unpaired) electrons. The van der Waals surface area contributed by atoms with E-state index in [1.165, 1.54) is 13.0 Å². The second kappa shape index (κ2) is 5.92. The maximum absolute atomic E-state index is 13.7. The number of nitrogens with zero attached hydrogens (tertiary/aromatic N) is 2. The lowest BCUT2D eigenvalue weighted by Gasteiger charge is -2.32. The van der Waals surface area contributed by atoms with Crippen LogP contribution in [0.5, 0.6) is 0 Å². The SMILES string of the molecule is CC(=O)c1cc(F)c(C)cc1N1CCCN(C)CC1C. The molecule has 1 saturated heterocycles. The van der Waals surface area contributed by atoms with E-state index < -0.39 is 0 Å². The molecule has 0 bridgehead atoms. The number of carbonyl (C=O) groups is 1. The Hall–Kier alpha value is -1.42. The van der Waals surface area contributed by atoms with Crippen LogP contribution in [0.1, 0.15) is 36.2 Å². The van der Waals surface area contributed by atoms with Gasteiger partial charge in [-0.2, -0.15) is 0 Å². The Morgan fingerprint density at radius 1 is 1.35 bits per heavy atom. The van der Waals surface area contributed by atoms with Gasteiger partial charge in [-0.25, -0.2) is 4.39 Å². The molecule has 0 aromatic heterocycles. The molecule has 0 N–H and O–H groups in total. The Morgan fingerprint density at radius 2 is 2.05 bits per heavy atom. The minimum absolute atomic E-state index is 0.0799. The lowest BCUT2D eigenvalue weighted by Crippen LogP contribution is -2.38. The van der Waals surface area contributed by atoms with E-state index in [4.69, 9.17) is 0 Å². The van der Waals surface area contributed by atoms with Crippen LogP contribution in [0.15, 0.2) is 12.1 Å². The van der Waals surface area contributed by atoms with Crippen molar-refractivity contribution in [3.8, 4) is 0 Å². The molecule has 0 saturated carbocycles. The molecule has 1 fully saturated rings. The van der Waals surface area contributed by atoms with Gasteiger partial charge in [0.05, 0.1) is 0 Å². The number of benzene rings is 1. The number of likely N-dealkylation sites (N-methyl/N-ethyl adjacent to an activating group) is 1. The van der Waals surface area contributed by atoms with E-state index >= 15 is 0 Å². The molecular weight excluding hydrogens is 255 g/mol. The first-order valence-electron chi connectivity index (χ1n) is 7.16. The summed E-state index contributed by atoms with van der Waals surface area (Å²) in [5, 5.41) is 0. The van der Waals surface area contributed by atoms with E-state index in [1.807, 2.05) is 6.07 Å². The molecule has 1 unspecified atom stereocenters. The minimum atomic E-state index is -0.307. The maximum atomic E-state index is 13.7. The first-order chi connectivity index (χ1) is 9.40. The van der Waals surface area contributed by atoms with Crippen LogP contribution in [0.25, 0.3) is 0 Å². The van der Waals surface area contributed by atoms with Crippen LogP contribution in [0.4, 0.5) is 10.1 Å². The lowest BCUT2D eigenvalue weighted by atomic mass is 10.0. The summed E-state index contributed by atoms with van der Waals surface area (Å²) in [6.45, 7) is 8.31. The molecule has 0 spiro atoms. The summed E-state index contributed by atoms with van der Waals surface area (Å²) in [6, 6.07) is 3.51. The molecule has 20 heavy (non-hydrogen) atoms. The number of carbonyl (C=O) groups excluding carboxylic acids is 1. The van der Waals surface area contributed by atoms with Crippen LogP contribution in [-0.4, -0.2) is 43.4 Å². The highest BCUT2D eigenvalue weighted by Gasteiger charge is 2.24. The average Bonchev–Trinajstić information content (AvgIpc) is 2.52. The molecule has 110 valence electrons. The topological polar surface area (TPSA) is 23.6 Å². The quantitative estimate of drug-likeness (QED) is 0.777. The van der Waals surface area contributed by atoms with Crippen molar-refractivity contribution in [3.63, 3.8) is 0 Å². The fraction of sp³-hybridized carbons (Fsp3) is 0.562. The normalized spacial score (nSPS) is 20.9. The van der Waals surface area contributed by atoms with Crippen LogP contribution >= 0.6 is 0 Å². The fourth-order valence-electron chi connectivity index (χ4n) is 2.92. The van der Waals surface area contributed by atoms with Gasteiger partial charge in [0.2, 0.25) is 0 Å². The third-order valence-electron chi connectivity index (χ3n) is 4.01. The van der Waals surface area contributed by atoms with E-state index in [2.05, 4.69) is 23.8 Å². The van der Waals surface area contributed by atoms with Crippen molar-refractivity contribution in [2.45, 2.75) is 33.2 Å². The monoisotopic (exact) mass is 278 g/mol. The third-order valence-corrected chi connectivity index (χ3v) is 4.01. The highest BCUT2D eigenvalue weighted by molar-refractivity contribution is 6.00. The summed E-state index contributed by atoms with van der Waals surface area (Å²) in [5.41, 5.74) is 1.96. The second-order valence-corrected chi connectivity index (χ2v) is 5.83. The van der Waals surface area contributed by atoms with Gasteiger partial charge in [0, 0.05) is 30.4 Å². The summed E-state index contributed by atoms with van der Waals surface area (Å²) >= 11 is 0. The molecule has 1 aliphatic rings. The Balaban J connectivity index is 2.44. The van der Waals surface area contributed by atoms with Gasteiger partial charge in [-0.05, 0) is 58.5 Å². The predicted octanol–water partition coefficient (Wildman–Crippen LogP) is 2.87. The molecule has 1 aliphatic heterocycles. The number of Topliss-reactive ketones (excluding diaryl/α,β-unsaturated/α-hetero) is 1. The summed E-state index contributed by atoms with van der Waals surface area (Å²) in [5.74, 6) is -0.387. The van der Waals surface area contributed by atoms with Crippen LogP contribution in [0, 0.1) is 12.7 Å².